The van der Waals surface area contributed by atoms with Crippen molar-refractivity contribution in [1.29, 1.82) is 0 Å². The van der Waals surface area contributed by atoms with Crippen molar-refractivity contribution in [3.05, 3.63) is 27.2 Å². The van der Waals surface area contributed by atoms with Gasteiger partial charge < -0.3 is 9.55 Å². The maximum atomic E-state index is 13.6. The first-order chi connectivity index (χ1) is 9.61. The van der Waals surface area contributed by atoms with Crippen LogP contribution >= 0.6 is 28.1 Å². The number of rotatable bonds is 2. The lowest BCUT2D eigenvalue weighted by Gasteiger charge is -2.22. The molecule has 1 aromatic heterocycles. The smallest absolute Gasteiger partial charge is 0.178 e. The van der Waals surface area contributed by atoms with Crippen LogP contribution in [0, 0.1) is 28.3 Å². The minimum atomic E-state index is -0.249. The molecule has 2 saturated carbocycles. The highest BCUT2D eigenvalue weighted by atomic mass is 79.9. The Kier molecular flexibility index (Phi) is 3.04. The maximum absolute atomic E-state index is 13.6. The summed E-state index contributed by atoms with van der Waals surface area (Å²) in [5.74, 6) is 2.30. The summed E-state index contributed by atoms with van der Waals surface area (Å²) in [6.07, 6.45) is 5.53. The number of aromatic nitrogens is 2. The molecule has 2 bridgehead atoms. The average molecular weight is 355 g/mol. The summed E-state index contributed by atoms with van der Waals surface area (Å²) in [5, 5.41) is 0. The van der Waals surface area contributed by atoms with Gasteiger partial charge in [0, 0.05) is 12.6 Å². The Morgan fingerprint density at radius 1 is 1.35 bits per heavy atom. The number of aromatic amines is 1. The third-order valence-corrected chi connectivity index (χ3v) is 6.05. The number of halogens is 2. The molecular formula is C15H16BrFN2S. The van der Waals surface area contributed by atoms with Crippen molar-refractivity contribution in [2.24, 2.45) is 17.8 Å². The van der Waals surface area contributed by atoms with Gasteiger partial charge in [0.25, 0.3) is 0 Å². The lowest BCUT2D eigenvalue weighted by atomic mass is 9.89. The van der Waals surface area contributed by atoms with Gasteiger partial charge in [-0.25, -0.2) is 4.39 Å². The highest BCUT2D eigenvalue weighted by Gasteiger charge is 2.39. The van der Waals surface area contributed by atoms with E-state index in [0.29, 0.717) is 9.24 Å². The monoisotopic (exact) mass is 354 g/mol. The lowest BCUT2D eigenvalue weighted by molar-refractivity contribution is 0.297. The van der Waals surface area contributed by atoms with E-state index >= 15 is 0 Å². The van der Waals surface area contributed by atoms with Crippen LogP contribution in [0.4, 0.5) is 4.39 Å². The standard InChI is InChI=1S/C15H16BrFN2S/c16-11-5-14-13(6-12(11)17)18-15(20)19(14)7-10-4-8-1-2-9(10)3-8/h5-6,8-10H,1-4,7H2,(H,18,20). The maximum Gasteiger partial charge on any atom is 0.178 e. The summed E-state index contributed by atoms with van der Waals surface area (Å²) < 4.78 is 17.0. The molecule has 20 heavy (non-hydrogen) atoms. The van der Waals surface area contributed by atoms with E-state index in [1.807, 2.05) is 6.07 Å². The Labute approximate surface area is 130 Å². The largest absolute Gasteiger partial charge is 0.330 e. The van der Waals surface area contributed by atoms with Crippen molar-refractivity contribution in [2.75, 3.05) is 0 Å². The fraction of sp³-hybridized carbons (Fsp3) is 0.533. The predicted octanol–water partition coefficient (Wildman–Crippen LogP) is 5.04. The number of imidazole rings is 1. The summed E-state index contributed by atoms with van der Waals surface area (Å²) in [6, 6.07) is 3.36. The molecule has 0 amide bonds. The molecule has 106 valence electrons. The lowest BCUT2D eigenvalue weighted by Crippen LogP contribution is -2.17. The van der Waals surface area contributed by atoms with Crippen LogP contribution in [0.25, 0.3) is 11.0 Å². The van der Waals surface area contributed by atoms with Crippen LogP contribution in [0.2, 0.25) is 0 Å². The molecule has 4 rings (SSSR count). The molecular weight excluding hydrogens is 339 g/mol. The molecule has 3 atom stereocenters. The quantitative estimate of drug-likeness (QED) is 0.749. The third-order valence-electron chi connectivity index (χ3n) is 5.12. The molecule has 0 aliphatic heterocycles. The molecule has 0 saturated heterocycles. The normalized spacial score (nSPS) is 28.6. The molecule has 2 aliphatic rings. The van der Waals surface area contributed by atoms with Gasteiger partial charge in [-0.05, 0) is 71.2 Å². The van der Waals surface area contributed by atoms with Crippen LogP contribution in [0.5, 0.6) is 0 Å². The number of H-pyrrole nitrogens is 1. The second-order valence-corrected chi connectivity index (χ2v) is 7.50. The second kappa shape index (κ2) is 4.67. The molecule has 0 radical (unpaired) electrons. The van der Waals surface area contributed by atoms with E-state index < -0.39 is 0 Å². The summed E-state index contributed by atoms with van der Waals surface area (Å²) in [7, 11) is 0. The minimum Gasteiger partial charge on any atom is -0.330 e. The van der Waals surface area contributed by atoms with Gasteiger partial charge in [0.1, 0.15) is 5.82 Å². The van der Waals surface area contributed by atoms with Gasteiger partial charge in [-0.1, -0.05) is 6.42 Å². The van der Waals surface area contributed by atoms with E-state index in [9.17, 15) is 4.39 Å². The number of fused-ring (bicyclic) bond motifs is 3. The predicted molar refractivity (Wildman–Crippen MR) is 83.7 cm³/mol. The Balaban J connectivity index is 1.74. The first-order valence-electron chi connectivity index (χ1n) is 7.19. The van der Waals surface area contributed by atoms with E-state index in [0.717, 1.165) is 35.3 Å². The number of hydrogen-bond acceptors (Lipinski definition) is 1. The van der Waals surface area contributed by atoms with Gasteiger partial charge in [-0.15, -0.1) is 0 Å². The first kappa shape index (κ1) is 13.0. The van der Waals surface area contributed by atoms with Crippen LogP contribution in [-0.2, 0) is 6.54 Å². The summed E-state index contributed by atoms with van der Waals surface area (Å²) in [4.78, 5) is 3.13. The van der Waals surface area contributed by atoms with Crippen molar-refractivity contribution in [2.45, 2.75) is 32.2 Å². The molecule has 2 aromatic rings. The first-order valence-corrected chi connectivity index (χ1v) is 8.39. The highest BCUT2D eigenvalue weighted by Crippen LogP contribution is 2.49. The van der Waals surface area contributed by atoms with Crippen LogP contribution in [0.1, 0.15) is 25.7 Å². The molecule has 5 heteroatoms. The SMILES string of the molecule is Fc1cc2[nH]c(=S)n(CC3CC4CCC3C4)c2cc1Br. The molecule has 2 aliphatic carbocycles. The Hall–Kier alpha value is -0.680. The van der Waals surface area contributed by atoms with E-state index in [4.69, 9.17) is 12.2 Å². The summed E-state index contributed by atoms with van der Waals surface area (Å²) in [6.45, 7) is 0.970. The second-order valence-electron chi connectivity index (χ2n) is 6.26. The summed E-state index contributed by atoms with van der Waals surface area (Å²) >= 11 is 8.70. The van der Waals surface area contributed by atoms with Crippen LogP contribution in [-0.4, -0.2) is 9.55 Å². The van der Waals surface area contributed by atoms with Crippen molar-refractivity contribution in [1.82, 2.24) is 9.55 Å². The zero-order valence-electron chi connectivity index (χ0n) is 11.0. The Bertz CT molecular complexity index is 735. The zero-order valence-corrected chi connectivity index (χ0v) is 13.4. The molecule has 0 spiro atoms. The molecule has 1 aromatic carbocycles. The number of hydrogen-bond donors (Lipinski definition) is 1. The topological polar surface area (TPSA) is 20.7 Å². The van der Waals surface area contributed by atoms with Crippen molar-refractivity contribution in [3.8, 4) is 0 Å². The van der Waals surface area contributed by atoms with Crippen molar-refractivity contribution >= 4 is 39.2 Å². The average Bonchev–Trinajstić information content (AvgIpc) is 3.08. The van der Waals surface area contributed by atoms with Crippen molar-refractivity contribution < 1.29 is 4.39 Å². The number of nitrogens with one attached hydrogen (secondary N) is 1. The van der Waals surface area contributed by atoms with E-state index in [1.54, 1.807) is 0 Å². The third kappa shape index (κ3) is 1.98. The molecule has 2 fully saturated rings. The van der Waals surface area contributed by atoms with E-state index in [1.165, 1.54) is 31.7 Å². The van der Waals surface area contributed by atoms with Crippen LogP contribution < -0.4 is 0 Å². The molecule has 1 heterocycles. The number of nitrogens with zero attached hydrogens (tertiary/aromatic N) is 1. The molecule has 1 N–H and O–H groups in total. The van der Waals surface area contributed by atoms with Crippen molar-refractivity contribution in [3.63, 3.8) is 0 Å². The fourth-order valence-electron chi connectivity index (χ4n) is 4.17. The van der Waals surface area contributed by atoms with Gasteiger partial charge in [-0.2, -0.15) is 0 Å². The molecule has 2 nitrogen and oxygen atoms in total. The fourth-order valence-corrected chi connectivity index (χ4v) is 4.78. The summed E-state index contributed by atoms with van der Waals surface area (Å²) in [5.41, 5.74) is 1.80. The zero-order chi connectivity index (χ0) is 13.9. The van der Waals surface area contributed by atoms with Gasteiger partial charge in [0.15, 0.2) is 4.77 Å². The van der Waals surface area contributed by atoms with Gasteiger partial charge in [-0.3, -0.25) is 0 Å². The van der Waals surface area contributed by atoms with Gasteiger partial charge in [0.2, 0.25) is 0 Å². The Morgan fingerprint density at radius 3 is 2.90 bits per heavy atom. The van der Waals surface area contributed by atoms with E-state index in [2.05, 4.69) is 25.5 Å². The Morgan fingerprint density at radius 2 is 2.20 bits per heavy atom. The number of benzene rings is 1. The highest BCUT2D eigenvalue weighted by molar-refractivity contribution is 9.10. The van der Waals surface area contributed by atoms with Gasteiger partial charge in [0.05, 0.1) is 15.5 Å². The molecule has 3 unspecified atom stereocenters. The van der Waals surface area contributed by atoms with Gasteiger partial charge >= 0.3 is 0 Å². The minimum absolute atomic E-state index is 0.249. The van der Waals surface area contributed by atoms with Crippen LogP contribution in [0.15, 0.2) is 16.6 Å². The van der Waals surface area contributed by atoms with Crippen LogP contribution in [0.3, 0.4) is 0 Å². The van der Waals surface area contributed by atoms with E-state index in [-0.39, 0.29) is 5.82 Å².